The Kier molecular flexibility index (Phi) is 7.37. The zero-order valence-electron chi connectivity index (χ0n) is 19.1. The number of pyridine rings is 1. The lowest BCUT2D eigenvalue weighted by Crippen LogP contribution is -2.48. The van der Waals surface area contributed by atoms with Crippen LogP contribution in [0.2, 0.25) is 0 Å². The third-order valence-electron chi connectivity index (χ3n) is 6.56. The monoisotopic (exact) mass is 449 g/mol. The molecular formula is C26H31N3O4. The molecule has 2 aromatic rings. The van der Waals surface area contributed by atoms with Crippen molar-refractivity contribution < 1.29 is 19.1 Å². The Hall–Kier alpha value is -3.22. The first-order chi connectivity index (χ1) is 16.1. The molecule has 4 rings (SSSR count). The Morgan fingerprint density at radius 2 is 1.73 bits per heavy atom. The minimum atomic E-state index is -0.227. The number of ether oxygens (including phenoxy) is 1. The summed E-state index contributed by atoms with van der Waals surface area (Å²) in [6.45, 7) is 4.39. The van der Waals surface area contributed by atoms with Crippen molar-refractivity contribution in [3.63, 3.8) is 0 Å². The molecule has 0 N–H and O–H groups in total. The van der Waals surface area contributed by atoms with Crippen LogP contribution in [0.4, 0.5) is 0 Å². The Bertz CT molecular complexity index is 986. The molecule has 0 aliphatic carbocycles. The average Bonchev–Trinajstić information content (AvgIpc) is 2.89. The molecule has 0 radical (unpaired) electrons. The van der Waals surface area contributed by atoms with Gasteiger partial charge in [0.05, 0.1) is 18.2 Å². The van der Waals surface area contributed by atoms with E-state index in [9.17, 15) is 14.4 Å². The van der Waals surface area contributed by atoms with Crippen LogP contribution in [0.5, 0.6) is 0 Å². The van der Waals surface area contributed by atoms with Crippen LogP contribution < -0.4 is 0 Å². The molecule has 0 saturated carbocycles. The molecule has 2 saturated heterocycles. The second-order valence-corrected chi connectivity index (χ2v) is 8.74. The number of hydrogen-bond acceptors (Lipinski definition) is 5. The maximum atomic E-state index is 13.1. The van der Waals surface area contributed by atoms with Gasteiger partial charge in [0.15, 0.2) is 0 Å². The van der Waals surface area contributed by atoms with Gasteiger partial charge in [0.2, 0.25) is 5.91 Å². The first-order valence-corrected chi connectivity index (χ1v) is 11.8. The van der Waals surface area contributed by atoms with E-state index < -0.39 is 0 Å². The lowest BCUT2D eigenvalue weighted by molar-refractivity contribution is -0.152. The van der Waals surface area contributed by atoms with E-state index in [4.69, 9.17) is 4.74 Å². The van der Waals surface area contributed by atoms with E-state index in [-0.39, 0.29) is 29.6 Å². The zero-order chi connectivity index (χ0) is 23.2. The smallest absolute Gasteiger partial charge is 0.310 e. The van der Waals surface area contributed by atoms with Gasteiger partial charge in [-0.05, 0) is 44.7 Å². The van der Waals surface area contributed by atoms with E-state index in [1.54, 1.807) is 19.2 Å². The van der Waals surface area contributed by atoms with Crippen molar-refractivity contribution in [2.24, 2.45) is 11.8 Å². The highest BCUT2D eigenvalue weighted by atomic mass is 16.5. The summed E-state index contributed by atoms with van der Waals surface area (Å²) in [6, 6.07) is 13.4. The van der Waals surface area contributed by atoms with Crippen molar-refractivity contribution in [2.75, 3.05) is 32.8 Å². The minimum Gasteiger partial charge on any atom is -0.466 e. The molecule has 2 aliphatic rings. The minimum absolute atomic E-state index is 0.0270. The van der Waals surface area contributed by atoms with Crippen LogP contribution in [0.3, 0.4) is 0 Å². The largest absolute Gasteiger partial charge is 0.466 e. The summed E-state index contributed by atoms with van der Waals surface area (Å²) in [5.41, 5.74) is 2.36. The number of aromatic nitrogens is 1. The van der Waals surface area contributed by atoms with E-state index in [1.807, 2.05) is 46.2 Å². The Morgan fingerprint density at radius 1 is 0.970 bits per heavy atom. The number of carbonyl (C=O) groups excluding carboxylic acids is 3. The van der Waals surface area contributed by atoms with Gasteiger partial charge in [0, 0.05) is 49.4 Å². The van der Waals surface area contributed by atoms with Crippen LogP contribution in [0, 0.1) is 11.8 Å². The molecule has 0 unspecified atom stereocenters. The van der Waals surface area contributed by atoms with Gasteiger partial charge in [0.1, 0.15) is 0 Å². The highest BCUT2D eigenvalue weighted by Gasteiger charge is 2.34. The lowest BCUT2D eigenvalue weighted by atomic mass is 9.92. The normalized spacial score (nSPS) is 19.2. The molecule has 1 atom stereocenters. The maximum Gasteiger partial charge on any atom is 0.310 e. The number of piperidine rings is 2. The first-order valence-electron chi connectivity index (χ1n) is 11.8. The van der Waals surface area contributed by atoms with E-state index in [0.717, 1.165) is 24.1 Å². The first kappa shape index (κ1) is 23.0. The second-order valence-electron chi connectivity index (χ2n) is 8.74. The molecular weight excluding hydrogens is 418 g/mol. The zero-order valence-corrected chi connectivity index (χ0v) is 19.1. The van der Waals surface area contributed by atoms with Gasteiger partial charge in [-0.15, -0.1) is 0 Å². The fourth-order valence-corrected chi connectivity index (χ4v) is 4.73. The quantitative estimate of drug-likeness (QED) is 0.654. The van der Waals surface area contributed by atoms with Gasteiger partial charge in [-0.2, -0.15) is 0 Å². The summed E-state index contributed by atoms with van der Waals surface area (Å²) in [5, 5.41) is 0. The van der Waals surface area contributed by atoms with Crippen molar-refractivity contribution in [1.29, 1.82) is 0 Å². The van der Waals surface area contributed by atoms with Crippen molar-refractivity contribution >= 4 is 17.8 Å². The number of rotatable bonds is 5. The predicted octanol–water partition coefficient (Wildman–Crippen LogP) is 3.40. The van der Waals surface area contributed by atoms with Gasteiger partial charge in [-0.25, -0.2) is 0 Å². The third kappa shape index (κ3) is 5.41. The number of likely N-dealkylation sites (tertiary alicyclic amines) is 2. The van der Waals surface area contributed by atoms with Gasteiger partial charge in [-0.1, -0.05) is 30.3 Å². The van der Waals surface area contributed by atoms with Gasteiger partial charge in [-0.3, -0.25) is 19.4 Å². The molecule has 3 heterocycles. The summed E-state index contributed by atoms with van der Waals surface area (Å²) >= 11 is 0. The molecule has 1 aromatic carbocycles. The van der Waals surface area contributed by atoms with Crippen LogP contribution in [-0.4, -0.2) is 65.4 Å². The Morgan fingerprint density at radius 3 is 2.45 bits per heavy atom. The van der Waals surface area contributed by atoms with Gasteiger partial charge in [0.25, 0.3) is 5.91 Å². The third-order valence-corrected chi connectivity index (χ3v) is 6.56. The van der Waals surface area contributed by atoms with Crippen LogP contribution in [0.1, 0.15) is 43.0 Å². The predicted molar refractivity (Wildman–Crippen MR) is 124 cm³/mol. The van der Waals surface area contributed by atoms with Gasteiger partial charge >= 0.3 is 5.97 Å². The molecule has 0 bridgehead atoms. The van der Waals surface area contributed by atoms with E-state index in [0.29, 0.717) is 51.2 Å². The molecule has 2 aliphatic heterocycles. The van der Waals surface area contributed by atoms with Crippen molar-refractivity contribution in [1.82, 2.24) is 14.8 Å². The number of benzene rings is 1. The SMILES string of the molecule is CCOC(=O)[C@@H]1CCCN(C(=O)C2CCN(C(=O)c3ccnc(-c4ccccc4)c3)CC2)C1. The highest BCUT2D eigenvalue weighted by Crippen LogP contribution is 2.26. The standard InChI is InChI=1S/C26H31N3O4/c1-2-33-26(32)22-9-6-14-29(18-22)24(30)20-11-15-28(16-12-20)25(31)21-10-13-27-23(17-21)19-7-4-3-5-8-19/h3-5,7-8,10,13,17,20,22H,2,6,9,11-12,14-16,18H2,1H3/t22-/m1/s1. The van der Waals surface area contributed by atoms with Crippen LogP contribution in [-0.2, 0) is 14.3 Å². The summed E-state index contributed by atoms with van der Waals surface area (Å²) in [5.74, 6) is -0.461. The average molecular weight is 450 g/mol. The molecule has 7 nitrogen and oxygen atoms in total. The summed E-state index contributed by atoms with van der Waals surface area (Å²) < 4.78 is 5.15. The van der Waals surface area contributed by atoms with Crippen LogP contribution in [0.15, 0.2) is 48.7 Å². The number of carbonyl (C=O) groups is 3. The number of nitrogens with zero attached hydrogens (tertiary/aromatic N) is 3. The number of hydrogen-bond donors (Lipinski definition) is 0. The molecule has 7 heteroatoms. The summed E-state index contributed by atoms with van der Waals surface area (Å²) in [6.07, 6.45) is 4.54. The van der Waals surface area contributed by atoms with Crippen molar-refractivity contribution in [2.45, 2.75) is 32.6 Å². The fourth-order valence-electron chi connectivity index (χ4n) is 4.73. The Balaban J connectivity index is 1.34. The molecule has 2 amide bonds. The molecule has 1 aromatic heterocycles. The second kappa shape index (κ2) is 10.6. The molecule has 0 spiro atoms. The maximum absolute atomic E-state index is 13.1. The number of esters is 1. The topological polar surface area (TPSA) is 79.8 Å². The Labute approximate surface area is 194 Å². The van der Waals surface area contributed by atoms with E-state index in [1.165, 1.54) is 0 Å². The van der Waals surface area contributed by atoms with Crippen LogP contribution >= 0.6 is 0 Å². The fraction of sp³-hybridized carbons (Fsp3) is 0.462. The lowest BCUT2D eigenvalue weighted by Gasteiger charge is -2.37. The van der Waals surface area contributed by atoms with Crippen LogP contribution in [0.25, 0.3) is 11.3 Å². The summed E-state index contributed by atoms with van der Waals surface area (Å²) in [7, 11) is 0. The van der Waals surface area contributed by atoms with E-state index >= 15 is 0 Å². The molecule has 2 fully saturated rings. The highest BCUT2D eigenvalue weighted by molar-refractivity contribution is 5.95. The van der Waals surface area contributed by atoms with Crippen molar-refractivity contribution in [3.8, 4) is 11.3 Å². The van der Waals surface area contributed by atoms with Gasteiger partial charge < -0.3 is 14.5 Å². The van der Waals surface area contributed by atoms with E-state index in [2.05, 4.69) is 4.98 Å². The van der Waals surface area contributed by atoms with Crippen molar-refractivity contribution in [3.05, 3.63) is 54.2 Å². The molecule has 174 valence electrons. The number of amides is 2. The summed E-state index contributed by atoms with van der Waals surface area (Å²) in [4.78, 5) is 46.3. The molecule has 33 heavy (non-hydrogen) atoms.